The van der Waals surface area contributed by atoms with Crippen LogP contribution in [-0.2, 0) is 11.3 Å². The Balaban J connectivity index is 2.14. The number of anilines is 1. The third kappa shape index (κ3) is 4.90. The van der Waals surface area contributed by atoms with Gasteiger partial charge < -0.3 is 15.2 Å². The van der Waals surface area contributed by atoms with Gasteiger partial charge in [0.25, 0.3) is 5.91 Å². The number of aryl methyl sites for hydroxylation is 2. The van der Waals surface area contributed by atoms with Gasteiger partial charge in [-0.05, 0) is 62.6 Å². The first-order chi connectivity index (χ1) is 11.8. The lowest BCUT2D eigenvalue weighted by atomic mass is 10.0. The zero-order valence-corrected chi connectivity index (χ0v) is 14.9. The van der Waals surface area contributed by atoms with Crippen molar-refractivity contribution in [2.24, 2.45) is 0 Å². The second kappa shape index (κ2) is 7.94. The summed E-state index contributed by atoms with van der Waals surface area (Å²) < 4.78 is 5.53. The standard InChI is InChI=1S/C20H23NO4/c1-12(2)25-11-15-5-7-16(8-6-15)19(22)21-18-10-17(20(23)24)13(3)9-14(18)4/h5-10,12H,11H2,1-4H3,(H,21,22)(H,23,24). The third-order valence-electron chi connectivity index (χ3n) is 3.85. The van der Waals surface area contributed by atoms with Crippen LogP contribution in [0.5, 0.6) is 0 Å². The van der Waals surface area contributed by atoms with E-state index >= 15 is 0 Å². The van der Waals surface area contributed by atoms with Crippen LogP contribution in [0.15, 0.2) is 36.4 Å². The quantitative estimate of drug-likeness (QED) is 0.826. The van der Waals surface area contributed by atoms with E-state index in [2.05, 4.69) is 5.32 Å². The number of rotatable bonds is 6. The van der Waals surface area contributed by atoms with Crippen LogP contribution in [0.3, 0.4) is 0 Å². The van der Waals surface area contributed by atoms with E-state index in [0.717, 1.165) is 11.1 Å². The van der Waals surface area contributed by atoms with Gasteiger partial charge in [0, 0.05) is 11.3 Å². The molecule has 0 unspecified atom stereocenters. The number of amides is 1. The number of hydrogen-bond donors (Lipinski definition) is 2. The molecule has 5 nitrogen and oxygen atoms in total. The van der Waals surface area contributed by atoms with Crippen molar-refractivity contribution in [3.8, 4) is 0 Å². The van der Waals surface area contributed by atoms with Crippen LogP contribution < -0.4 is 5.32 Å². The van der Waals surface area contributed by atoms with Crippen LogP contribution in [0.1, 0.15) is 51.3 Å². The number of hydrogen-bond acceptors (Lipinski definition) is 3. The van der Waals surface area contributed by atoms with Gasteiger partial charge in [-0.2, -0.15) is 0 Å². The average molecular weight is 341 g/mol. The van der Waals surface area contributed by atoms with Crippen molar-refractivity contribution in [3.05, 3.63) is 64.2 Å². The Kier molecular flexibility index (Phi) is 5.93. The molecule has 0 spiro atoms. The monoisotopic (exact) mass is 341 g/mol. The molecule has 0 saturated heterocycles. The lowest BCUT2D eigenvalue weighted by molar-refractivity contribution is 0.0656. The molecule has 2 rings (SSSR count). The van der Waals surface area contributed by atoms with Gasteiger partial charge >= 0.3 is 5.97 Å². The SMILES string of the molecule is Cc1cc(C)c(C(=O)O)cc1NC(=O)c1ccc(COC(C)C)cc1. The molecule has 2 N–H and O–H groups in total. The number of aromatic carboxylic acids is 1. The molecule has 25 heavy (non-hydrogen) atoms. The maximum Gasteiger partial charge on any atom is 0.336 e. The Morgan fingerprint density at radius 3 is 2.28 bits per heavy atom. The second-order valence-electron chi connectivity index (χ2n) is 6.30. The van der Waals surface area contributed by atoms with Crippen molar-refractivity contribution in [3.63, 3.8) is 0 Å². The van der Waals surface area contributed by atoms with E-state index in [4.69, 9.17) is 4.74 Å². The van der Waals surface area contributed by atoms with Gasteiger partial charge in [-0.1, -0.05) is 18.2 Å². The Labute approximate surface area is 147 Å². The summed E-state index contributed by atoms with van der Waals surface area (Å²) >= 11 is 0. The maximum atomic E-state index is 12.4. The average Bonchev–Trinajstić information content (AvgIpc) is 2.55. The summed E-state index contributed by atoms with van der Waals surface area (Å²) in [5, 5.41) is 12.0. The molecule has 0 fully saturated rings. The molecule has 2 aromatic rings. The molecule has 0 saturated carbocycles. The molecule has 132 valence electrons. The molecule has 0 aromatic heterocycles. The minimum atomic E-state index is -1.01. The lowest BCUT2D eigenvalue weighted by Gasteiger charge is -2.12. The minimum absolute atomic E-state index is 0.149. The van der Waals surface area contributed by atoms with E-state index in [9.17, 15) is 14.7 Å². The molecule has 5 heteroatoms. The number of nitrogens with one attached hydrogen (secondary N) is 1. The molecule has 0 aliphatic rings. The summed E-state index contributed by atoms with van der Waals surface area (Å²) in [6.45, 7) is 8.01. The molecular formula is C20H23NO4. The zero-order valence-electron chi connectivity index (χ0n) is 14.9. The van der Waals surface area contributed by atoms with Gasteiger partial charge in [0.05, 0.1) is 18.3 Å². The molecule has 0 bridgehead atoms. The first-order valence-electron chi connectivity index (χ1n) is 8.14. The normalized spacial score (nSPS) is 10.8. The van der Waals surface area contributed by atoms with Crippen molar-refractivity contribution in [2.75, 3.05) is 5.32 Å². The summed E-state index contributed by atoms with van der Waals surface area (Å²) in [7, 11) is 0. The number of carbonyl (C=O) groups is 2. The van der Waals surface area contributed by atoms with E-state index in [-0.39, 0.29) is 17.6 Å². The highest BCUT2D eigenvalue weighted by molar-refractivity contribution is 6.05. The van der Waals surface area contributed by atoms with Crippen LogP contribution >= 0.6 is 0 Å². The van der Waals surface area contributed by atoms with Crippen molar-refractivity contribution in [1.82, 2.24) is 0 Å². The predicted octanol–water partition coefficient (Wildman–Crippen LogP) is 4.18. The molecule has 0 aliphatic carbocycles. The fourth-order valence-electron chi connectivity index (χ4n) is 2.43. The molecule has 0 heterocycles. The van der Waals surface area contributed by atoms with Crippen LogP contribution in [0.25, 0.3) is 0 Å². The first-order valence-corrected chi connectivity index (χ1v) is 8.14. The number of carboxylic acids is 1. The van der Waals surface area contributed by atoms with Crippen molar-refractivity contribution >= 4 is 17.6 Å². The van der Waals surface area contributed by atoms with Gasteiger partial charge in [0.1, 0.15) is 0 Å². The third-order valence-corrected chi connectivity index (χ3v) is 3.85. The number of benzene rings is 2. The molecular weight excluding hydrogens is 318 g/mol. The summed E-state index contributed by atoms with van der Waals surface area (Å²) in [5.41, 5.74) is 3.66. The van der Waals surface area contributed by atoms with Crippen molar-refractivity contribution in [2.45, 2.75) is 40.4 Å². The van der Waals surface area contributed by atoms with E-state index in [1.165, 1.54) is 6.07 Å². The number of carbonyl (C=O) groups excluding carboxylic acids is 1. The van der Waals surface area contributed by atoms with E-state index in [1.54, 1.807) is 25.1 Å². The summed E-state index contributed by atoms with van der Waals surface area (Å²) in [5.74, 6) is -1.29. The van der Waals surface area contributed by atoms with Gasteiger partial charge in [-0.25, -0.2) is 4.79 Å². The Hall–Kier alpha value is -2.66. The van der Waals surface area contributed by atoms with Crippen molar-refractivity contribution < 1.29 is 19.4 Å². The lowest BCUT2D eigenvalue weighted by Crippen LogP contribution is -2.14. The molecule has 0 atom stereocenters. The Bertz CT molecular complexity index is 779. The molecule has 0 aliphatic heterocycles. The molecule has 1 amide bonds. The van der Waals surface area contributed by atoms with Crippen LogP contribution in [0, 0.1) is 13.8 Å². The van der Waals surface area contributed by atoms with Gasteiger partial charge in [-0.15, -0.1) is 0 Å². The molecule has 0 radical (unpaired) electrons. The maximum absolute atomic E-state index is 12.4. The van der Waals surface area contributed by atoms with Gasteiger partial charge in [0.2, 0.25) is 0 Å². The second-order valence-corrected chi connectivity index (χ2v) is 6.30. The number of ether oxygens (including phenoxy) is 1. The highest BCUT2D eigenvalue weighted by atomic mass is 16.5. The van der Waals surface area contributed by atoms with Gasteiger partial charge in [-0.3, -0.25) is 4.79 Å². The van der Waals surface area contributed by atoms with Gasteiger partial charge in [0.15, 0.2) is 0 Å². The van der Waals surface area contributed by atoms with Crippen molar-refractivity contribution in [1.29, 1.82) is 0 Å². The topological polar surface area (TPSA) is 75.6 Å². The Morgan fingerprint density at radius 2 is 1.72 bits per heavy atom. The fourth-order valence-corrected chi connectivity index (χ4v) is 2.43. The summed E-state index contributed by atoms with van der Waals surface area (Å²) in [6, 6.07) is 10.4. The van der Waals surface area contributed by atoms with Crippen LogP contribution in [0.2, 0.25) is 0 Å². The van der Waals surface area contributed by atoms with E-state index in [1.807, 2.05) is 32.9 Å². The Morgan fingerprint density at radius 1 is 1.08 bits per heavy atom. The highest BCUT2D eigenvalue weighted by Crippen LogP contribution is 2.21. The first kappa shape index (κ1) is 18.7. The summed E-state index contributed by atoms with van der Waals surface area (Å²) in [4.78, 5) is 23.7. The number of carboxylic acid groups (broad SMARTS) is 1. The van der Waals surface area contributed by atoms with E-state index in [0.29, 0.717) is 23.4 Å². The summed E-state index contributed by atoms with van der Waals surface area (Å²) in [6.07, 6.45) is 0.149. The minimum Gasteiger partial charge on any atom is -0.478 e. The van der Waals surface area contributed by atoms with Crippen LogP contribution in [0.4, 0.5) is 5.69 Å². The van der Waals surface area contributed by atoms with Crippen LogP contribution in [-0.4, -0.2) is 23.1 Å². The zero-order chi connectivity index (χ0) is 18.6. The fraction of sp³-hybridized carbons (Fsp3) is 0.300. The van der Waals surface area contributed by atoms with E-state index < -0.39 is 5.97 Å². The smallest absolute Gasteiger partial charge is 0.336 e. The predicted molar refractivity (Wildman–Crippen MR) is 97.2 cm³/mol. The highest BCUT2D eigenvalue weighted by Gasteiger charge is 2.13. The molecule has 2 aromatic carbocycles. The largest absolute Gasteiger partial charge is 0.478 e.